The van der Waals surface area contributed by atoms with Gasteiger partial charge in [0.2, 0.25) is 0 Å². The van der Waals surface area contributed by atoms with Gasteiger partial charge in [0, 0.05) is 20.1 Å². The van der Waals surface area contributed by atoms with Crippen molar-refractivity contribution in [3.05, 3.63) is 0 Å². The van der Waals surface area contributed by atoms with E-state index in [-0.39, 0.29) is 30.5 Å². The van der Waals surface area contributed by atoms with E-state index in [9.17, 15) is 13.2 Å². The summed E-state index contributed by atoms with van der Waals surface area (Å²) in [6.07, 6.45) is -1.53. The van der Waals surface area contributed by atoms with Crippen LogP contribution in [0.4, 0.5) is 13.2 Å². The van der Waals surface area contributed by atoms with Crippen molar-refractivity contribution in [2.75, 3.05) is 39.8 Å². The fourth-order valence-electron chi connectivity index (χ4n) is 2.51. The van der Waals surface area contributed by atoms with Gasteiger partial charge in [-0.1, -0.05) is 6.92 Å². The molecule has 0 aromatic rings. The molecule has 1 aliphatic heterocycles. The topological polar surface area (TPSA) is 39.7 Å². The van der Waals surface area contributed by atoms with Crippen LogP contribution in [-0.2, 0) is 0 Å². The Labute approximate surface area is 148 Å². The van der Waals surface area contributed by atoms with Gasteiger partial charge >= 0.3 is 6.18 Å². The van der Waals surface area contributed by atoms with Crippen molar-refractivity contribution in [3.8, 4) is 0 Å². The van der Waals surface area contributed by atoms with Crippen LogP contribution in [-0.4, -0.2) is 56.8 Å². The van der Waals surface area contributed by atoms with Crippen molar-refractivity contribution in [1.29, 1.82) is 0 Å². The molecule has 1 heterocycles. The zero-order valence-corrected chi connectivity index (χ0v) is 15.7. The Balaban J connectivity index is 0.00000441. The van der Waals surface area contributed by atoms with E-state index in [2.05, 4.69) is 27.4 Å². The third kappa shape index (κ3) is 9.70. The van der Waals surface area contributed by atoms with Gasteiger partial charge in [0.25, 0.3) is 0 Å². The van der Waals surface area contributed by atoms with E-state index in [0.29, 0.717) is 11.9 Å². The van der Waals surface area contributed by atoms with E-state index >= 15 is 0 Å². The molecule has 0 spiro atoms. The van der Waals surface area contributed by atoms with Crippen molar-refractivity contribution >= 4 is 29.9 Å². The summed E-state index contributed by atoms with van der Waals surface area (Å²) in [5, 5.41) is 5.83. The van der Waals surface area contributed by atoms with Crippen LogP contribution in [0.5, 0.6) is 0 Å². The molecule has 0 radical (unpaired) electrons. The number of hydrogen-bond donors (Lipinski definition) is 2. The average molecular weight is 436 g/mol. The molecule has 2 N–H and O–H groups in total. The number of hydrogen-bond acceptors (Lipinski definition) is 2. The number of guanidine groups is 1. The number of nitrogens with one attached hydrogen (secondary N) is 2. The van der Waals surface area contributed by atoms with E-state index in [0.717, 1.165) is 39.0 Å². The molecule has 0 aliphatic carbocycles. The SMILES string of the molecule is CCCN1CCC(CNC(=NC)NCCC(F)(F)F)CC1.I. The van der Waals surface area contributed by atoms with Crippen molar-refractivity contribution in [2.45, 2.75) is 38.8 Å². The monoisotopic (exact) mass is 436 g/mol. The Morgan fingerprint density at radius 1 is 1.23 bits per heavy atom. The van der Waals surface area contributed by atoms with Gasteiger partial charge in [-0.25, -0.2) is 0 Å². The molecule has 0 bridgehead atoms. The minimum atomic E-state index is -4.13. The maximum absolute atomic E-state index is 12.1. The second kappa shape index (κ2) is 11.3. The molecule has 1 rings (SSSR count). The highest BCUT2D eigenvalue weighted by Crippen LogP contribution is 2.18. The Morgan fingerprint density at radius 3 is 2.36 bits per heavy atom. The Morgan fingerprint density at radius 2 is 1.86 bits per heavy atom. The van der Waals surface area contributed by atoms with E-state index < -0.39 is 12.6 Å². The molecule has 1 aliphatic rings. The van der Waals surface area contributed by atoms with E-state index in [4.69, 9.17) is 0 Å². The summed E-state index contributed by atoms with van der Waals surface area (Å²) in [7, 11) is 1.58. The second-order valence-electron chi connectivity index (χ2n) is 5.53. The first-order valence-corrected chi connectivity index (χ1v) is 7.68. The Bertz CT molecular complexity index is 316. The summed E-state index contributed by atoms with van der Waals surface area (Å²) in [6.45, 7) is 6.19. The maximum atomic E-state index is 12.1. The molecule has 132 valence electrons. The highest BCUT2D eigenvalue weighted by atomic mass is 127. The molecule has 0 atom stereocenters. The number of nitrogens with zero attached hydrogens (tertiary/aromatic N) is 2. The van der Waals surface area contributed by atoms with Gasteiger partial charge in [0.15, 0.2) is 5.96 Å². The summed E-state index contributed by atoms with van der Waals surface area (Å²) < 4.78 is 36.2. The van der Waals surface area contributed by atoms with Crippen molar-refractivity contribution in [1.82, 2.24) is 15.5 Å². The lowest BCUT2D eigenvalue weighted by Crippen LogP contribution is -2.43. The van der Waals surface area contributed by atoms with Crippen LogP contribution in [0.3, 0.4) is 0 Å². The quantitative estimate of drug-likeness (QED) is 0.382. The molecule has 1 fully saturated rings. The molecule has 0 aromatic heterocycles. The van der Waals surface area contributed by atoms with Gasteiger partial charge < -0.3 is 15.5 Å². The van der Waals surface area contributed by atoms with E-state index in [1.54, 1.807) is 7.05 Å². The number of piperidine rings is 1. The minimum Gasteiger partial charge on any atom is -0.356 e. The van der Waals surface area contributed by atoms with Crippen molar-refractivity contribution < 1.29 is 13.2 Å². The first kappa shape index (κ1) is 21.8. The minimum absolute atomic E-state index is 0. The fourth-order valence-corrected chi connectivity index (χ4v) is 2.51. The van der Waals surface area contributed by atoms with Crippen LogP contribution in [0.2, 0.25) is 0 Å². The summed E-state index contributed by atoms with van der Waals surface area (Å²) in [5.74, 6) is 1.02. The van der Waals surface area contributed by atoms with Gasteiger partial charge in [0.05, 0.1) is 6.42 Å². The Kier molecular flexibility index (Phi) is 11.2. The number of alkyl halides is 3. The summed E-state index contributed by atoms with van der Waals surface area (Å²) >= 11 is 0. The van der Waals surface area contributed by atoms with Gasteiger partial charge in [-0.15, -0.1) is 24.0 Å². The fraction of sp³-hybridized carbons (Fsp3) is 0.929. The van der Waals surface area contributed by atoms with Crippen LogP contribution >= 0.6 is 24.0 Å². The molecular formula is C14H28F3IN4. The molecule has 1 saturated heterocycles. The van der Waals surface area contributed by atoms with Crippen LogP contribution in [0, 0.1) is 5.92 Å². The van der Waals surface area contributed by atoms with Gasteiger partial charge in [0.1, 0.15) is 0 Å². The maximum Gasteiger partial charge on any atom is 0.390 e. The molecule has 0 aromatic carbocycles. The normalized spacial score (nSPS) is 18.0. The van der Waals surface area contributed by atoms with Crippen molar-refractivity contribution in [2.24, 2.45) is 10.9 Å². The van der Waals surface area contributed by atoms with Gasteiger partial charge in [-0.05, 0) is 44.8 Å². The first-order chi connectivity index (χ1) is 9.94. The van der Waals surface area contributed by atoms with Gasteiger partial charge in [-0.2, -0.15) is 13.2 Å². The highest BCUT2D eigenvalue weighted by molar-refractivity contribution is 14.0. The summed E-state index contributed by atoms with van der Waals surface area (Å²) in [5.41, 5.74) is 0. The molecule has 0 unspecified atom stereocenters. The standard InChI is InChI=1S/C14H27F3N4.HI/c1-3-8-21-9-4-12(5-10-21)11-20-13(18-2)19-7-6-14(15,16)17;/h12H,3-11H2,1-2H3,(H2,18,19,20);1H. The van der Waals surface area contributed by atoms with Crippen LogP contribution < -0.4 is 10.6 Å². The summed E-state index contributed by atoms with van der Waals surface area (Å²) in [6, 6.07) is 0. The van der Waals surface area contributed by atoms with Crippen LogP contribution in [0.1, 0.15) is 32.6 Å². The largest absolute Gasteiger partial charge is 0.390 e. The number of aliphatic imine (C=N–C) groups is 1. The lowest BCUT2D eigenvalue weighted by atomic mass is 9.97. The third-order valence-corrected chi connectivity index (χ3v) is 3.73. The molecule has 0 saturated carbocycles. The van der Waals surface area contributed by atoms with E-state index in [1.807, 2.05) is 0 Å². The zero-order valence-electron chi connectivity index (χ0n) is 13.4. The van der Waals surface area contributed by atoms with Gasteiger partial charge in [-0.3, -0.25) is 4.99 Å². The molecule has 0 amide bonds. The van der Waals surface area contributed by atoms with E-state index in [1.165, 1.54) is 6.42 Å². The lowest BCUT2D eigenvalue weighted by Gasteiger charge is -2.32. The van der Waals surface area contributed by atoms with Crippen LogP contribution in [0.25, 0.3) is 0 Å². The first-order valence-electron chi connectivity index (χ1n) is 7.68. The average Bonchev–Trinajstić information content (AvgIpc) is 2.43. The van der Waals surface area contributed by atoms with Crippen molar-refractivity contribution in [3.63, 3.8) is 0 Å². The lowest BCUT2D eigenvalue weighted by molar-refractivity contribution is -0.132. The smallest absolute Gasteiger partial charge is 0.356 e. The zero-order chi connectivity index (χ0) is 15.7. The molecule has 8 heteroatoms. The summed E-state index contributed by atoms with van der Waals surface area (Å²) in [4.78, 5) is 6.42. The molecule has 22 heavy (non-hydrogen) atoms. The third-order valence-electron chi connectivity index (χ3n) is 3.73. The number of rotatable bonds is 6. The molecule has 4 nitrogen and oxygen atoms in total. The molecular weight excluding hydrogens is 408 g/mol. The predicted octanol–water partition coefficient (Wildman–Crippen LogP) is 2.84. The van der Waals surface area contributed by atoms with Crippen LogP contribution in [0.15, 0.2) is 4.99 Å². The predicted molar refractivity (Wildman–Crippen MR) is 94.9 cm³/mol. The number of halogens is 4. The Hall–Kier alpha value is -0.250. The second-order valence-corrected chi connectivity index (χ2v) is 5.53. The highest BCUT2D eigenvalue weighted by Gasteiger charge is 2.26. The number of likely N-dealkylation sites (tertiary alicyclic amines) is 1.